The van der Waals surface area contributed by atoms with E-state index in [0.29, 0.717) is 18.8 Å². The number of nitriles is 2. The molecule has 4 aliphatic carbocycles. The molecule has 0 aromatic carbocycles. The van der Waals surface area contributed by atoms with Crippen LogP contribution in [0.15, 0.2) is 12.2 Å². The van der Waals surface area contributed by atoms with E-state index in [-0.39, 0.29) is 21.8 Å². The van der Waals surface area contributed by atoms with Gasteiger partial charge in [0, 0.05) is 5.57 Å². The Morgan fingerprint density at radius 1 is 1.14 bits per heavy atom. The highest BCUT2D eigenvalue weighted by atomic mass is 16.4. The van der Waals surface area contributed by atoms with Crippen LogP contribution in [-0.2, 0) is 4.79 Å². The normalized spacial score (nSPS) is 43.0. The molecule has 4 bridgehead atoms. The van der Waals surface area contributed by atoms with Gasteiger partial charge < -0.3 is 5.11 Å². The summed E-state index contributed by atoms with van der Waals surface area (Å²) in [5.41, 5.74) is -0.481. The van der Waals surface area contributed by atoms with E-state index in [9.17, 15) is 15.3 Å². The zero-order valence-corrected chi connectivity index (χ0v) is 12.2. The Morgan fingerprint density at radius 2 is 1.71 bits per heavy atom. The molecule has 110 valence electrons. The van der Waals surface area contributed by atoms with E-state index in [1.54, 1.807) is 0 Å². The van der Waals surface area contributed by atoms with Crippen LogP contribution in [0.2, 0.25) is 0 Å². The van der Waals surface area contributed by atoms with E-state index < -0.39 is 5.97 Å². The first-order valence-electron chi connectivity index (χ1n) is 7.59. The number of carboxylic acid groups (broad SMARTS) is 1. The third kappa shape index (κ3) is 2.14. The van der Waals surface area contributed by atoms with Crippen LogP contribution in [0.1, 0.15) is 51.4 Å². The zero-order chi connectivity index (χ0) is 15.3. The molecular weight excluding hydrogens is 264 g/mol. The van der Waals surface area contributed by atoms with Gasteiger partial charge in [0.15, 0.2) is 0 Å². The maximum absolute atomic E-state index is 11.0. The van der Waals surface area contributed by atoms with Crippen molar-refractivity contribution >= 4 is 5.97 Å². The quantitative estimate of drug-likeness (QED) is 0.802. The molecule has 0 saturated heterocycles. The molecule has 2 atom stereocenters. The van der Waals surface area contributed by atoms with Crippen LogP contribution in [0.3, 0.4) is 0 Å². The van der Waals surface area contributed by atoms with Gasteiger partial charge in [-0.15, -0.1) is 0 Å². The van der Waals surface area contributed by atoms with E-state index in [1.165, 1.54) is 0 Å². The number of rotatable bonds is 4. The molecule has 1 N–H and O–H groups in total. The van der Waals surface area contributed by atoms with Gasteiger partial charge in [0.05, 0.1) is 23.0 Å². The topological polar surface area (TPSA) is 84.9 Å². The maximum atomic E-state index is 11.0. The Morgan fingerprint density at radius 3 is 2.19 bits per heavy atom. The van der Waals surface area contributed by atoms with Gasteiger partial charge in [-0.3, -0.25) is 0 Å². The molecule has 0 spiro atoms. The van der Waals surface area contributed by atoms with Crippen LogP contribution in [0.25, 0.3) is 0 Å². The van der Waals surface area contributed by atoms with Crippen LogP contribution >= 0.6 is 0 Å². The Kier molecular flexibility index (Phi) is 2.92. The molecule has 2 unspecified atom stereocenters. The third-order valence-electron chi connectivity index (χ3n) is 5.92. The van der Waals surface area contributed by atoms with Crippen molar-refractivity contribution in [2.24, 2.45) is 22.2 Å². The van der Waals surface area contributed by atoms with Gasteiger partial charge >= 0.3 is 5.97 Å². The Hall–Kier alpha value is -1.81. The van der Waals surface area contributed by atoms with Gasteiger partial charge in [0.25, 0.3) is 0 Å². The van der Waals surface area contributed by atoms with E-state index in [0.717, 1.165) is 38.5 Å². The van der Waals surface area contributed by atoms with Crippen molar-refractivity contribution in [1.82, 2.24) is 0 Å². The summed E-state index contributed by atoms with van der Waals surface area (Å²) >= 11 is 0. The molecule has 0 aromatic heterocycles. The van der Waals surface area contributed by atoms with Gasteiger partial charge in [-0.25, -0.2) is 4.79 Å². The highest BCUT2D eigenvalue weighted by Crippen LogP contribution is 2.70. The third-order valence-corrected chi connectivity index (χ3v) is 5.92. The first-order chi connectivity index (χ1) is 9.86. The molecule has 0 amide bonds. The lowest BCUT2D eigenvalue weighted by Gasteiger charge is -2.63. The van der Waals surface area contributed by atoms with Gasteiger partial charge in [-0.1, -0.05) is 6.58 Å². The second-order valence-corrected chi connectivity index (χ2v) is 7.70. The Balaban J connectivity index is 1.86. The molecule has 4 aliphatic rings. The number of carbonyl (C=O) groups is 1. The number of aliphatic carboxylic acids is 1. The number of hydrogen-bond donors (Lipinski definition) is 1. The maximum Gasteiger partial charge on any atom is 0.330 e. The predicted octanol–water partition coefficient (Wildman–Crippen LogP) is 3.41. The van der Waals surface area contributed by atoms with Crippen LogP contribution in [0, 0.1) is 44.8 Å². The van der Waals surface area contributed by atoms with Crippen molar-refractivity contribution in [3.8, 4) is 12.1 Å². The highest BCUT2D eigenvalue weighted by molar-refractivity contribution is 5.85. The minimum atomic E-state index is -0.940. The lowest BCUT2D eigenvalue weighted by molar-refractivity contribution is -0.133. The summed E-state index contributed by atoms with van der Waals surface area (Å²) in [6, 6.07) is 5.03. The summed E-state index contributed by atoms with van der Waals surface area (Å²) in [5.74, 6) is -0.483. The second-order valence-electron chi connectivity index (χ2n) is 7.70. The van der Waals surface area contributed by atoms with E-state index in [2.05, 4.69) is 18.7 Å². The Labute approximate surface area is 125 Å². The summed E-state index contributed by atoms with van der Waals surface area (Å²) < 4.78 is 0. The lowest BCUT2D eigenvalue weighted by atomic mass is 9.39. The molecular formula is C17H20N2O2. The van der Waals surface area contributed by atoms with Crippen LogP contribution in [0.4, 0.5) is 0 Å². The first kappa shape index (κ1) is 14.1. The van der Waals surface area contributed by atoms with Gasteiger partial charge in [0.1, 0.15) is 0 Å². The summed E-state index contributed by atoms with van der Waals surface area (Å²) in [6.07, 6.45) is 6.50. The minimum absolute atomic E-state index is 0.0245. The average molecular weight is 284 g/mol. The second kappa shape index (κ2) is 4.34. The Bertz CT molecular complexity index is 565. The van der Waals surface area contributed by atoms with Crippen molar-refractivity contribution < 1.29 is 9.90 Å². The first-order valence-corrected chi connectivity index (χ1v) is 7.59. The molecule has 0 aromatic rings. The summed E-state index contributed by atoms with van der Waals surface area (Å²) in [5, 5.41) is 28.3. The number of nitrogens with zero attached hydrogens (tertiary/aromatic N) is 2. The molecule has 4 heteroatoms. The summed E-state index contributed by atoms with van der Waals surface area (Å²) in [4.78, 5) is 11.0. The molecule has 4 fully saturated rings. The smallest absolute Gasteiger partial charge is 0.330 e. The molecule has 4 saturated carbocycles. The molecule has 0 radical (unpaired) electrons. The van der Waals surface area contributed by atoms with E-state index >= 15 is 0 Å². The number of hydrogen-bond acceptors (Lipinski definition) is 3. The van der Waals surface area contributed by atoms with Gasteiger partial charge in [0.2, 0.25) is 0 Å². The fourth-order valence-corrected chi connectivity index (χ4v) is 5.69. The van der Waals surface area contributed by atoms with Crippen LogP contribution < -0.4 is 0 Å². The standard InChI is InChI=1S/C17H20N2O2/c1-12(14(20)21)2-3-15-4-13-5-16(7-15,10-18)9-17(6-13,8-15)11-19/h13H,1-9H2,(H,20,21). The number of carboxylic acids is 1. The van der Waals surface area contributed by atoms with Gasteiger partial charge in [-0.05, 0) is 62.7 Å². The monoisotopic (exact) mass is 284 g/mol. The summed E-state index contributed by atoms with van der Waals surface area (Å²) in [6.45, 7) is 3.62. The predicted molar refractivity (Wildman–Crippen MR) is 75.7 cm³/mol. The summed E-state index contributed by atoms with van der Waals surface area (Å²) in [7, 11) is 0. The molecule has 21 heavy (non-hydrogen) atoms. The molecule has 0 heterocycles. The van der Waals surface area contributed by atoms with E-state index in [4.69, 9.17) is 5.11 Å². The van der Waals surface area contributed by atoms with Crippen molar-refractivity contribution in [3.05, 3.63) is 12.2 Å². The van der Waals surface area contributed by atoms with Crippen LogP contribution in [0.5, 0.6) is 0 Å². The SMILES string of the molecule is C=C(CCC12CC3CC(C#N)(CC(C#N)(C3)C1)C2)C(=O)O. The highest BCUT2D eigenvalue weighted by Gasteiger charge is 2.63. The molecule has 4 rings (SSSR count). The molecule has 0 aliphatic heterocycles. The van der Waals surface area contributed by atoms with Gasteiger partial charge in [-0.2, -0.15) is 10.5 Å². The van der Waals surface area contributed by atoms with Crippen molar-refractivity contribution in [2.75, 3.05) is 0 Å². The van der Waals surface area contributed by atoms with Crippen LogP contribution in [-0.4, -0.2) is 11.1 Å². The van der Waals surface area contributed by atoms with Crippen molar-refractivity contribution in [2.45, 2.75) is 51.4 Å². The lowest BCUT2D eigenvalue weighted by Crippen LogP contribution is -2.56. The largest absolute Gasteiger partial charge is 0.478 e. The zero-order valence-electron chi connectivity index (χ0n) is 12.2. The fourth-order valence-electron chi connectivity index (χ4n) is 5.69. The van der Waals surface area contributed by atoms with Crippen molar-refractivity contribution in [3.63, 3.8) is 0 Å². The van der Waals surface area contributed by atoms with E-state index in [1.807, 2.05) is 0 Å². The van der Waals surface area contributed by atoms with Crippen molar-refractivity contribution in [1.29, 1.82) is 10.5 Å². The average Bonchev–Trinajstić information content (AvgIpc) is 2.43. The molecule has 4 nitrogen and oxygen atoms in total. The minimum Gasteiger partial charge on any atom is -0.478 e. The fraction of sp³-hybridized carbons (Fsp3) is 0.706.